The Morgan fingerprint density at radius 2 is 2.11 bits per heavy atom. The quantitative estimate of drug-likeness (QED) is 0.846. The Morgan fingerprint density at radius 1 is 1.26 bits per heavy atom. The molecule has 0 amide bonds. The maximum Gasteiger partial charge on any atom is 0.433 e. The highest BCUT2D eigenvalue weighted by Crippen LogP contribution is 2.27. The van der Waals surface area contributed by atoms with Crippen LogP contribution in [0.2, 0.25) is 0 Å². The first-order valence-corrected chi connectivity index (χ1v) is 6.38. The van der Waals surface area contributed by atoms with Crippen LogP contribution in [-0.2, 0) is 6.18 Å². The van der Waals surface area contributed by atoms with Crippen molar-refractivity contribution in [3.05, 3.63) is 29.6 Å². The van der Waals surface area contributed by atoms with E-state index in [1.54, 1.807) is 0 Å². The predicted octanol–water partition coefficient (Wildman–Crippen LogP) is 3.80. The fourth-order valence-electron chi connectivity index (χ4n) is 2.07. The van der Waals surface area contributed by atoms with Crippen LogP contribution in [0.1, 0.15) is 37.8 Å². The number of anilines is 1. The van der Waals surface area contributed by atoms with Crippen LogP contribution < -0.4 is 5.32 Å². The Morgan fingerprint density at radius 3 is 2.79 bits per heavy atom. The monoisotopic (exact) mass is 271 g/mol. The third-order valence-corrected chi connectivity index (χ3v) is 3.06. The smallest absolute Gasteiger partial charge is 0.354 e. The number of rotatable bonds is 4. The molecule has 0 radical (unpaired) electrons. The molecule has 0 unspecified atom stereocenters. The second-order valence-electron chi connectivity index (χ2n) is 4.55. The Labute approximate surface area is 110 Å². The van der Waals surface area contributed by atoms with E-state index in [1.807, 2.05) is 0 Å². The van der Waals surface area contributed by atoms with Gasteiger partial charge in [0, 0.05) is 12.7 Å². The van der Waals surface area contributed by atoms with Crippen LogP contribution in [-0.4, -0.2) is 16.5 Å². The molecule has 0 aliphatic heterocycles. The number of nitrogens with zero attached hydrogens (tertiary/aromatic N) is 2. The summed E-state index contributed by atoms with van der Waals surface area (Å²) in [5.74, 6) is 0.0336. The zero-order valence-corrected chi connectivity index (χ0v) is 10.5. The summed E-state index contributed by atoms with van der Waals surface area (Å²) in [4.78, 5) is 7.25. The summed E-state index contributed by atoms with van der Waals surface area (Å²) >= 11 is 0. The summed E-state index contributed by atoms with van der Waals surface area (Å²) < 4.78 is 37.4. The molecule has 104 valence electrons. The van der Waals surface area contributed by atoms with Gasteiger partial charge in [0.25, 0.3) is 0 Å². The van der Waals surface area contributed by atoms with Crippen LogP contribution in [0, 0.1) is 0 Å². The van der Waals surface area contributed by atoms with Gasteiger partial charge >= 0.3 is 6.18 Å². The SMILES string of the molecule is FC(F)(F)c1ccnc(NCCC2=CCCCC2)n1. The van der Waals surface area contributed by atoms with Gasteiger partial charge in [0.15, 0.2) is 0 Å². The zero-order valence-electron chi connectivity index (χ0n) is 10.5. The van der Waals surface area contributed by atoms with E-state index in [4.69, 9.17) is 0 Å². The number of nitrogens with one attached hydrogen (secondary N) is 1. The maximum atomic E-state index is 12.5. The third-order valence-electron chi connectivity index (χ3n) is 3.06. The molecule has 0 atom stereocenters. The number of alkyl halides is 3. The summed E-state index contributed by atoms with van der Waals surface area (Å²) in [5, 5.41) is 2.84. The van der Waals surface area contributed by atoms with Crippen LogP contribution in [0.3, 0.4) is 0 Å². The topological polar surface area (TPSA) is 37.8 Å². The molecule has 1 aromatic heterocycles. The molecule has 3 nitrogen and oxygen atoms in total. The van der Waals surface area contributed by atoms with Gasteiger partial charge < -0.3 is 5.32 Å². The standard InChI is InChI=1S/C13H16F3N3/c14-13(15,16)11-7-9-18-12(19-11)17-8-6-10-4-2-1-3-5-10/h4,7,9H,1-3,5-6,8H2,(H,17,18,19). The van der Waals surface area contributed by atoms with E-state index >= 15 is 0 Å². The third kappa shape index (κ3) is 4.22. The zero-order chi connectivity index (χ0) is 13.7. The molecule has 0 aromatic carbocycles. The van der Waals surface area contributed by atoms with E-state index in [9.17, 15) is 13.2 Å². The minimum atomic E-state index is -4.43. The first-order chi connectivity index (χ1) is 9.05. The Balaban J connectivity index is 1.87. The molecule has 0 bridgehead atoms. The molecule has 0 saturated heterocycles. The number of aromatic nitrogens is 2. The van der Waals surface area contributed by atoms with Crippen molar-refractivity contribution in [3.8, 4) is 0 Å². The van der Waals surface area contributed by atoms with Gasteiger partial charge in [-0.15, -0.1) is 0 Å². The highest BCUT2D eigenvalue weighted by atomic mass is 19.4. The average Bonchev–Trinajstić information content (AvgIpc) is 2.39. The molecule has 6 heteroatoms. The lowest BCUT2D eigenvalue weighted by atomic mass is 9.97. The van der Waals surface area contributed by atoms with Gasteiger partial charge in [-0.25, -0.2) is 9.97 Å². The van der Waals surface area contributed by atoms with Gasteiger partial charge in [-0.05, 0) is 38.2 Å². The molecule has 19 heavy (non-hydrogen) atoms. The molecule has 1 heterocycles. The molecule has 0 spiro atoms. The molecule has 0 saturated carbocycles. The number of halogens is 3. The summed E-state index contributed by atoms with van der Waals surface area (Å²) in [6, 6.07) is 0.870. The van der Waals surface area contributed by atoms with E-state index in [2.05, 4.69) is 21.4 Å². The van der Waals surface area contributed by atoms with E-state index in [0.717, 1.165) is 31.5 Å². The second-order valence-corrected chi connectivity index (χ2v) is 4.55. The largest absolute Gasteiger partial charge is 0.433 e. The van der Waals surface area contributed by atoms with Crippen LogP contribution in [0.4, 0.5) is 19.1 Å². The van der Waals surface area contributed by atoms with Crippen molar-refractivity contribution in [2.24, 2.45) is 0 Å². The van der Waals surface area contributed by atoms with Crippen LogP contribution in [0.15, 0.2) is 23.9 Å². The lowest BCUT2D eigenvalue weighted by Gasteiger charge is -2.13. The molecule has 1 aliphatic rings. The Hall–Kier alpha value is -1.59. The maximum absolute atomic E-state index is 12.5. The Kier molecular flexibility index (Phi) is 4.39. The van der Waals surface area contributed by atoms with Crippen molar-refractivity contribution in [2.75, 3.05) is 11.9 Å². The van der Waals surface area contributed by atoms with E-state index in [1.165, 1.54) is 18.4 Å². The van der Waals surface area contributed by atoms with Crippen molar-refractivity contribution in [1.82, 2.24) is 9.97 Å². The van der Waals surface area contributed by atoms with Gasteiger partial charge in [0.05, 0.1) is 0 Å². The second kappa shape index (κ2) is 6.04. The van der Waals surface area contributed by atoms with Crippen molar-refractivity contribution in [3.63, 3.8) is 0 Å². The fraction of sp³-hybridized carbons (Fsp3) is 0.538. The van der Waals surface area contributed by atoms with E-state index in [0.29, 0.717) is 6.54 Å². The average molecular weight is 271 g/mol. The normalized spacial score (nSPS) is 16.1. The van der Waals surface area contributed by atoms with Crippen molar-refractivity contribution < 1.29 is 13.2 Å². The minimum Gasteiger partial charge on any atom is -0.354 e. The molecule has 1 aliphatic carbocycles. The van der Waals surface area contributed by atoms with Crippen LogP contribution in [0.25, 0.3) is 0 Å². The minimum absolute atomic E-state index is 0.0336. The summed E-state index contributed by atoms with van der Waals surface area (Å²) in [6.45, 7) is 0.563. The Bertz CT molecular complexity index is 455. The van der Waals surface area contributed by atoms with E-state index < -0.39 is 11.9 Å². The lowest BCUT2D eigenvalue weighted by Crippen LogP contribution is -2.12. The predicted molar refractivity (Wildman–Crippen MR) is 66.7 cm³/mol. The molecule has 1 aromatic rings. The number of hydrogen-bond acceptors (Lipinski definition) is 3. The van der Waals surface area contributed by atoms with Gasteiger partial charge in [-0.2, -0.15) is 13.2 Å². The lowest BCUT2D eigenvalue weighted by molar-refractivity contribution is -0.141. The van der Waals surface area contributed by atoms with Crippen molar-refractivity contribution in [2.45, 2.75) is 38.3 Å². The summed E-state index contributed by atoms with van der Waals surface area (Å²) in [6.07, 6.45) is 4.38. The number of hydrogen-bond donors (Lipinski definition) is 1. The van der Waals surface area contributed by atoms with Gasteiger partial charge in [-0.3, -0.25) is 0 Å². The summed E-state index contributed by atoms with van der Waals surface area (Å²) in [5.41, 5.74) is 0.451. The first-order valence-electron chi connectivity index (χ1n) is 6.38. The summed E-state index contributed by atoms with van der Waals surface area (Å²) in [7, 11) is 0. The fourth-order valence-corrected chi connectivity index (χ4v) is 2.07. The van der Waals surface area contributed by atoms with Gasteiger partial charge in [0.2, 0.25) is 5.95 Å². The molecular formula is C13H16F3N3. The van der Waals surface area contributed by atoms with Crippen LogP contribution >= 0.6 is 0 Å². The molecule has 1 N–H and O–H groups in total. The van der Waals surface area contributed by atoms with Crippen LogP contribution in [0.5, 0.6) is 0 Å². The first kappa shape index (κ1) is 13.8. The van der Waals surface area contributed by atoms with Gasteiger partial charge in [-0.1, -0.05) is 11.6 Å². The number of allylic oxidation sites excluding steroid dienone is 1. The molecule has 0 fully saturated rings. The molecular weight excluding hydrogens is 255 g/mol. The molecule has 2 rings (SSSR count). The van der Waals surface area contributed by atoms with Gasteiger partial charge in [0.1, 0.15) is 5.69 Å². The van der Waals surface area contributed by atoms with Crippen molar-refractivity contribution >= 4 is 5.95 Å². The van der Waals surface area contributed by atoms with Crippen molar-refractivity contribution in [1.29, 1.82) is 0 Å². The van der Waals surface area contributed by atoms with E-state index in [-0.39, 0.29) is 5.95 Å². The highest BCUT2D eigenvalue weighted by molar-refractivity contribution is 5.26. The highest BCUT2D eigenvalue weighted by Gasteiger charge is 2.32.